The molecule has 140 valence electrons. The van der Waals surface area contributed by atoms with Crippen LogP contribution in [0.15, 0.2) is 61.2 Å². The van der Waals surface area contributed by atoms with Crippen molar-refractivity contribution in [1.82, 2.24) is 29.0 Å². The van der Waals surface area contributed by atoms with Gasteiger partial charge in [0.25, 0.3) is 5.91 Å². The van der Waals surface area contributed by atoms with Crippen molar-refractivity contribution in [3.63, 3.8) is 0 Å². The Morgan fingerprint density at radius 2 is 1.96 bits per heavy atom. The van der Waals surface area contributed by atoms with Crippen molar-refractivity contribution in [2.45, 2.75) is 12.3 Å². The zero-order valence-corrected chi connectivity index (χ0v) is 15.6. The molecular formula is C21H20N6O. The van der Waals surface area contributed by atoms with Crippen molar-refractivity contribution in [2.75, 3.05) is 13.1 Å². The summed E-state index contributed by atoms with van der Waals surface area (Å²) in [4.78, 5) is 23.4. The quantitative estimate of drug-likeness (QED) is 0.555. The molecule has 1 amide bonds. The van der Waals surface area contributed by atoms with E-state index in [0.717, 1.165) is 35.6 Å². The van der Waals surface area contributed by atoms with E-state index < -0.39 is 0 Å². The molecule has 7 nitrogen and oxygen atoms in total. The van der Waals surface area contributed by atoms with Crippen LogP contribution in [0.25, 0.3) is 16.8 Å². The molecule has 28 heavy (non-hydrogen) atoms. The van der Waals surface area contributed by atoms with E-state index in [1.165, 1.54) is 0 Å². The van der Waals surface area contributed by atoms with Gasteiger partial charge in [-0.3, -0.25) is 9.78 Å². The van der Waals surface area contributed by atoms with Crippen LogP contribution in [0.2, 0.25) is 0 Å². The molecule has 0 saturated carbocycles. The van der Waals surface area contributed by atoms with Crippen molar-refractivity contribution in [1.29, 1.82) is 0 Å². The highest BCUT2D eigenvalue weighted by atomic mass is 16.2. The molecule has 7 heteroatoms. The van der Waals surface area contributed by atoms with Crippen LogP contribution in [0.5, 0.6) is 0 Å². The van der Waals surface area contributed by atoms with Gasteiger partial charge in [-0.05, 0) is 48.4 Å². The van der Waals surface area contributed by atoms with Gasteiger partial charge < -0.3 is 9.47 Å². The number of aromatic nitrogens is 5. The number of hydrogen-bond donors (Lipinski definition) is 0. The summed E-state index contributed by atoms with van der Waals surface area (Å²) in [7, 11) is 1.89. The van der Waals surface area contributed by atoms with Crippen LogP contribution in [0.3, 0.4) is 0 Å². The molecule has 5 rings (SSSR count). The maximum Gasteiger partial charge on any atom is 0.270 e. The Morgan fingerprint density at radius 1 is 1.11 bits per heavy atom. The monoisotopic (exact) mass is 372 g/mol. The largest absolute Gasteiger partial charge is 0.347 e. The Balaban J connectivity index is 1.38. The first-order valence-corrected chi connectivity index (χ1v) is 9.36. The molecule has 0 radical (unpaired) electrons. The number of fused-ring (bicyclic) bond motifs is 1. The number of amides is 1. The lowest BCUT2D eigenvalue weighted by Crippen LogP contribution is -2.30. The SMILES string of the molecule is Cn1cccc1C(=O)N1CCC(c2nc3ccc(-c4ccncc4)cn3n2)C1. The number of likely N-dealkylation sites (tertiary alicyclic amines) is 1. The number of hydrogen-bond acceptors (Lipinski definition) is 4. The van der Waals surface area contributed by atoms with Crippen LogP contribution in [0.4, 0.5) is 0 Å². The molecule has 0 aromatic carbocycles. The molecule has 1 saturated heterocycles. The smallest absolute Gasteiger partial charge is 0.270 e. The molecule has 1 unspecified atom stereocenters. The molecule has 0 N–H and O–H groups in total. The van der Waals surface area contributed by atoms with E-state index in [1.54, 1.807) is 12.4 Å². The Bertz CT molecular complexity index is 1150. The van der Waals surface area contributed by atoms with E-state index in [4.69, 9.17) is 10.1 Å². The van der Waals surface area contributed by atoms with Crippen LogP contribution < -0.4 is 0 Å². The number of pyridine rings is 2. The molecular weight excluding hydrogens is 352 g/mol. The summed E-state index contributed by atoms with van der Waals surface area (Å²) in [5.41, 5.74) is 3.69. The Labute approximate surface area is 162 Å². The highest BCUT2D eigenvalue weighted by Crippen LogP contribution is 2.27. The second-order valence-corrected chi connectivity index (χ2v) is 7.17. The Morgan fingerprint density at radius 3 is 2.75 bits per heavy atom. The molecule has 0 bridgehead atoms. The van der Waals surface area contributed by atoms with E-state index >= 15 is 0 Å². The summed E-state index contributed by atoms with van der Waals surface area (Å²) in [6.45, 7) is 1.38. The summed E-state index contributed by atoms with van der Waals surface area (Å²) in [6.07, 6.45) is 8.32. The highest BCUT2D eigenvalue weighted by molar-refractivity contribution is 5.93. The molecule has 1 aliphatic heterocycles. The van der Waals surface area contributed by atoms with Gasteiger partial charge in [-0.15, -0.1) is 0 Å². The fourth-order valence-corrected chi connectivity index (χ4v) is 3.79. The van der Waals surface area contributed by atoms with E-state index in [1.807, 2.05) is 69.8 Å². The van der Waals surface area contributed by atoms with Gasteiger partial charge in [0.1, 0.15) is 5.69 Å². The van der Waals surface area contributed by atoms with Crippen molar-refractivity contribution >= 4 is 11.6 Å². The van der Waals surface area contributed by atoms with Crippen molar-refractivity contribution in [2.24, 2.45) is 7.05 Å². The first-order chi connectivity index (χ1) is 13.7. The van der Waals surface area contributed by atoms with Crippen molar-refractivity contribution in [3.8, 4) is 11.1 Å². The average Bonchev–Trinajstić information content (AvgIpc) is 3.46. The maximum absolute atomic E-state index is 12.7. The Kier molecular flexibility index (Phi) is 3.93. The lowest BCUT2D eigenvalue weighted by atomic mass is 10.1. The topological polar surface area (TPSA) is 68.3 Å². The van der Waals surface area contributed by atoms with Crippen LogP contribution in [-0.4, -0.2) is 48.0 Å². The standard InChI is InChI=1S/C21H20N6O/c1-25-11-2-3-18(25)21(28)26-12-8-17(13-26)20-23-19-5-4-16(14-27(19)24-20)15-6-9-22-10-7-15/h2-7,9-11,14,17H,8,12-13H2,1H3. The van der Waals surface area contributed by atoms with Gasteiger partial charge in [0.15, 0.2) is 11.5 Å². The minimum atomic E-state index is 0.0683. The second kappa shape index (κ2) is 6.60. The van der Waals surface area contributed by atoms with E-state index in [0.29, 0.717) is 12.2 Å². The van der Waals surface area contributed by atoms with Gasteiger partial charge in [0, 0.05) is 56.4 Å². The van der Waals surface area contributed by atoms with Gasteiger partial charge >= 0.3 is 0 Å². The zero-order chi connectivity index (χ0) is 19.1. The van der Waals surface area contributed by atoms with Crippen LogP contribution in [-0.2, 0) is 7.05 Å². The first kappa shape index (κ1) is 16.7. The van der Waals surface area contributed by atoms with Gasteiger partial charge in [-0.2, -0.15) is 5.10 Å². The van der Waals surface area contributed by atoms with E-state index in [2.05, 4.69) is 4.98 Å². The predicted molar refractivity (Wildman–Crippen MR) is 105 cm³/mol. The fourth-order valence-electron chi connectivity index (χ4n) is 3.79. The lowest BCUT2D eigenvalue weighted by Gasteiger charge is -2.16. The van der Waals surface area contributed by atoms with Crippen molar-refractivity contribution < 1.29 is 4.79 Å². The predicted octanol–water partition coefficient (Wildman–Crippen LogP) is 2.76. The molecule has 5 heterocycles. The van der Waals surface area contributed by atoms with Crippen LogP contribution >= 0.6 is 0 Å². The lowest BCUT2D eigenvalue weighted by molar-refractivity contribution is 0.0781. The third kappa shape index (κ3) is 2.85. The highest BCUT2D eigenvalue weighted by Gasteiger charge is 2.31. The molecule has 4 aromatic rings. The number of carbonyl (C=O) groups is 1. The molecule has 0 aliphatic carbocycles. The van der Waals surface area contributed by atoms with Gasteiger partial charge in [0.05, 0.1) is 0 Å². The van der Waals surface area contributed by atoms with Gasteiger partial charge in [-0.1, -0.05) is 0 Å². The molecule has 1 fully saturated rings. The maximum atomic E-state index is 12.7. The summed E-state index contributed by atoms with van der Waals surface area (Å²) in [5, 5.41) is 4.70. The third-order valence-electron chi connectivity index (χ3n) is 5.36. The summed E-state index contributed by atoms with van der Waals surface area (Å²) < 4.78 is 3.69. The normalized spacial score (nSPS) is 16.8. The van der Waals surface area contributed by atoms with Crippen LogP contribution in [0, 0.1) is 0 Å². The van der Waals surface area contributed by atoms with E-state index in [9.17, 15) is 4.79 Å². The van der Waals surface area contributed by atoms with Crippen LogP contribution in [0.1, 0.15) is 28.7 Å². The number of aryl methyl sites for hydroxylation is 1. The second-order valence-electron chi connectivity index (χ2n) is 7.17. The third-order valence-corrected chi connectivity index (χ3v) is 5.36. The van der Waals surface area contributed by atoms with Crippen molar-refractivity contribution in [3.05, 3.63) is 72.7 Å². The number of rotatable bonds is 3. The fraction of sp³-hybridized carbons (Fsp3) is 0.238. The Hall–Kier alpha value is -3.48. The van der Waals surface area contributed by atoms with Gasteiger partial charge in [0.2, 0.25) is 0 Å². The first-order valence-electron chi connectivity index (χ1n) is 9.36. The van der Waals surface area contributed by atoms with Gasteiger partial charge in [-0.25, -0.2) is 9.50 Å². The number of nitrogens with zero attached hydrogens (tertiary/aromatic N) is 6. The minimum absolute atomic E-state index is 0.0683. The molecule has 4 aromatic heterocycles. The average molecular weight is 372 g/mol. The molecule has 1 atom stereocenters. The zero-order valence-electron chi connectivity index (χ0n) is 15.6. The summed E-state index contributed by atoms with van der Waals surface area (Å²) >= 11 is 0. The summed E-state index contributed by atoms with van der Waals surface area (Å²) in [6, 6.07) is 11.7. The van der Waals surface area contributed by atoms with E-state index in [-0.39, 0.29) is 11.8 Å². The molecule has 1 aliphatic rings. The number of carbonyl (C=O) groups excluding carboxylic acids is 1. The minimum Gasteiger partial charge on any atom is -0.347 e. The summed E-state index contributed by atoms with van der Waals surface area (Å²) in [5.74, 6) is 1.03. The molecule has 0 spiro atoms.